The van der Waals surface area contributed by atoms with E-state index in [0.29, 0.717) is 11.6 Å². The lowest BCUT2D eigenvalue weighted by Crippen LogP contribution is -2.39. The van der Waals surface area contributed by atoms with Crippen LogP contribution in [0.2, 0.25) is 0 Å². The summed E-state index contributed by atoms with van der Waals surface area (Å²) in [5.74, 6) is 1.37. The van der Waals surface area contributed by atoms with Gasteiger partial charge in [0.1, 0.15) is 5.75 Å². The minimum atomic E-state index is 0.0558. The number of aromatic amines is 2. The van der Waals surface area contributed by atoms with Gasteiger partial charge >= 0.3 is 0 Å². The maximum Gasteiger partial charge on any atom is 0.274 e. The highest BCUT2D eigenvalue weighted by Gasteiger charge is 2.30. The van der Waals surface area contributed by atoms with Gasteiger partial charge in [0.15, 0.2) is 5.69 Å². The van der Waals surface area contributed by atoms with Crippen molar-refractivity contribution in [2.24, 2.45) is 0 Å². The normalized spacial score (nSPS) is 17.7. The third-order valence-corrected chi connectivity index (χ3v) is 6.15. The molecule has 0 atom stereocenters. The van der Waals surface area contributed by atoms with Gasteiger partial charge in [0.25, 0.3) is 5.91 Å². The minimum Gasteiger partial charge on any atom is -0.497 e. The molecular formula is C21H25N5O2. The van der Waals surface area contributed by atoms with E-state index in [1.807, 2.05) is 11.0 Å². The Kier molecular flexibility index (Phi) is 4.31. The van der Waals surface area contributed by atoms with Crippen molar-refractivity contribution in [2.75, 3.05) is 26.7 Å². The third kappa shape index (κ3) is 2.86. The van der Waals surface area contributed by atoms with Crippen molar-refractivity contribution in [3.63, 3.8) is 0 Å². The molecule has 0 saturated carbocycles. The maximum absolute atomic E-state index is 13.0. The van der Waals surface area contributed by atoms with Gasteiger partial charge in [-0.3, -0.25) is 9.89 Å². The number of likely N-dealkylation sites (tertiary alicyclic amines) is 1. The first kappa shape index (κ1) is 17.3. The number of ether oxygens (including phenoxy) is 1. The smallest absolute Gasteiger partial charge is 0.274 e. The number of hydrogen-bond donors (Lipinski definition) is 3. The zero-order valence-electron chi connectivity index (χ0n) is 16.0. The number of aromatic nitrogens is 3. The molecule has 3 aromatic rings. The van der Waals surface area contributed by atoms with Gasteiger partial charge in [-0.15, -0.1) is 0 Å². The average Bonchev–Trinajstić information content (AvgIpc) is 3.37. The second-order valence-corrected chi connectivity index (χ2v) is 7.68. The maximum atomic E-state index is 13.0. The first-order valence-electron chi connectivity index (χ1n) is 9.95. The van der Waals surface area contributed by atoms with Crippen molar-refractivity contribution >= 4 is 16.8 Å². The first-order chi connectivity index (χ1) is 13.7. The molecule has 1 aromatic carbocycles. The number of piperidine rings is 1. The summed E-state index contributed by atoms with van der Waals surface area (Å²) in [5.41, 5.74) is 5.19. The fourth-order valence-electron chi connectivity index (χ4n) is 4.53. The van der Waals surface area contributed by atoms with Crippen LogP contribution >= 0.6 is 0 Å². The van der Waals surface area contributed by atoms with Crippen molar-refractivity contribution in [1.29, 1.82) is 0 Å². The summed E-state index contributed by atoms with van der Waals surface area (Å²) in [6.45, 7) is 3.18. The topological polar surface area (TPSA) is 86.0 Å². The molecular weight excluding hydrogens is 354 g/mol. The number of amides is 1. The fourth-order valence-corrected chi connectivity index (χ4v) is 4.53. The molecule has 2 aromatic heterocycles. The van der Waals surface area contributed by atoms with Crippen LogP contribution in [0.4, 0.5) is 0 Å². The van der Waals surface area contributed by atoms with E-state index in [1.165, 1.54) is 10.9 Å². The van der Waals surface area contributed by atoms with Crippen LogP contribution in [0.25, 0.3) is 10.9 Å². The summed E-state index contributed by atoms with van der Waals surface area (Å²) in [5, 5.41) is 11.9. The van der Waals surface area contributed by atoms with Crippen molar-refractivity contribution in [3.05, 3.63) is 46.9 Å². The largest absolute Gasteiger partial charge is 0.497 e. The molecule has 3 N–H and O–H groups in total. The van der Waals surface area contributed by atoms with E-state index in [0.717, 1.165) is 68.0 Å². The van der Waals surface area contributed by atoms with Gasteiger partial charge in [-0.25, -0.2) is 0 Å². The van der Waals surface area contributed by atoms with Crippen LogP contribution in [0.5, 0.6) is 5.75 Å². The van der Waals surface area contributed by atoms with Crippen LogP contribution in [-0.2, 0) is 13.0 Å². The summed E-state index contributed by atoms with van der Waals surface area (Å²) in [6, 6.07) is 6.14. The Morgan fingerprint density at radius 3 is 2.96 bits per heavy atom. The van der Waals surface area contributed by atoms with Crippen molar-refractivity contribution in [3.8, 4) is 5.75 Å². The van der Waals surface area contributed by atoms with E-state index >= 15 is 0 Å². The molecule has 146 valence electrons. The van der Waals surface area contributed by atoms with E-state index in [2.05, 4.69) is 38.8 Å². The molecule has 1 amide bonds. The predicted octanol–water partition coefficient (Wildman–Crippen LogP) is 2.57. The summed E-state index contributed by atoms with van der Waals surface area (Å²) in [7, 11) is 1.70. The number of methoxy groups -OCH3 is 1. The lowest BCUT2D eigenvalue weighted by molar-refractivity contribution is 0.0706. The highest BCUT2D eigenvalue weighted by molar-refractivity contribution is 5.94. The van der Waals surface area contributed by atoms with Gasteiger partial charge in [0.2, 0.25) is 0 Å². The molecule has 0 spiro atoms. The molecule has 7 heteroatoms. The highest BCUT2D eigenvalue weighted by Crippen LogP contribution is 2.35. The van der Waals surface area contributed by atoms with Gasteiger partial charge in [-0.2, -0.15) is 5.10 Å². The lowest BCUT2D eigenvalue weighted by Gasteiger charge is -2.32. The number of nitrogens with zero attached hydrogens (tertiary/aromatic N) is 2. The van der Waals surface area contributed by atoms with Crippen molar-refractivity contribution in [2.45, 2.75) is 31.7 Å². The van der Waals surface area contributed by atoms with Crippen LogP contribution in [0.3, 0.4) is 0 Å². The van der Waals surface area contributed by atoms with Crippen molar-refractivity contribution in [1.82, 2.24) is 25.4 Å². The molecule has 5 rings (SSSR count). The second-order valence-electron chi connectivity index (χ2n) is 7.68. The Bertz CT molecular complexity index is 1010. The number of rotatable bonds is 3. The molecule has 28 heavy (non-hydrogen) atoms. The lowest BCUT2D eigenvalue weighted by atomic mass is 9.89. The van der Waals surface area contributed by atoms with E-state index in [9.17, 15) is 4.79 Å². The van der Waals surface area contributed by atoms with Crippen LogP contribution < -0.4 is 10.1 Å². The quantitative estimate of drug-likeness (QED) is 0.653. The Balaban J connectivity index is 1.31. The fraction of sp³-hybridized carbons (Fsp3) is 0.429. The molecule has 1 fully saturated rings. The monoisotopic (exact) mass is 379 g/mol. The molecule has 4 heterocycles. The summed E-state index contributed by atoms with van der Waals surface area (Å²) < 4.78 is 5.39. The molecule has 1 saturated heterocycles. The minimum absolute atomic E-state index is 0.0558. The number of nitrogens with one attached hydrogen (secondary N) is 3. The van der Waals surface area contributed by atoms with Crippen LogP contribution in [0.15, 0.2) is 24.4 Å². The molecule has 0 bridgehead atoms. The zero-order valence-corrected chi connectivity index (χ0v) is 16.0. The Hall–Kier alpha value is -2.80. The number of benzene rings is 1. The van der Waals surface area contributed by atoms with Gasteiger partial charge in [0, 0.05) is 61.0 Å². The van der Waals surface area contributed by atoms with Gasteiger partial charge < -0.3 is 19.9 Å². The van der Waals surface area contributed by atoms with Crippen molar-refractivity contribution < 1.29 is 9.53 Å². The van der Waals surface area contributed by atoms with E-state index in [4.69, 9.17) is 4.74 Å². The molecule has 0 unspecified atom stereocenters. The Morgan fingerprint density at radius 1 is 1.29 bits per heavy atom. The summed E-state index contributed by atoms with van der Waals surface area (Å²) >= 11 is 0. The van der Waals surface area contributed by atoms with Crippen LogP contribution in [0, 0.1) is 0 Å². The predicted molar refractivity (Wildman–Crippen MR) is 107 cm³/mol. The Labute approximate surface area is 163 Å². The Morgan fingerprint density at radius 2 is 2.14 bits per heavy atom. The van der Waals surface area contributed by atoms with Crippen LogP contribution in [-0.4, -0.2) is 52.7 Å². The van der Waals surface area contributed by atoms with E-state index < -0.39 is 0 Å². The molecule has 2 aliphatic rings. The van der Waals surface area contributed by atoms with Gasteiger partial charge in [0.05, 0.1) is 7.11 Å². The average molecular weight is 379 g/mol. The van der Waals surface area contributed by atoms with Crippen LogP contribution in [0.1, 0.15) is 46.1 Å². The summed E-state index contributed by atoms with van der Waals surface area (Å²) in [6.07, 6.45) is 4.94. The SMILES string of the molecule is COc1ccc2[nH]cc(C3CCN(C(=O)c4n[nH]c5c4CNCC5)CC3)c2c1. The third-order valence-electron chi connectivity index (χ3n) is 6.15. The first-order valence-corrected chi connectivity index (χ1v) is 9.95. The number of carbonyl (C=O) groups excluding carboxylic acids is 1. The molecule has 7 nitrogen and oxygen atoms in total. The number of carbonyl (C=O) groups is 1. The standard InChI is InChI=1S/C21H25N5O2/c1-28-14-2-3-18-15(10-14)16(12-23-18)13-5-8-26(9-6-13)21(27)20-17-11-22-7-4-19(17)24-25-20/h2-3,10,12-13,22-23H,4-9,11H2,1H3,(H,24,25). The van der Waals surface area contributed by atoms with Gasteiger partial charge in [-0.05, 0) is 42.5 Å². The number of hydrogen-bond acceptors (Lipinski definition) is 4. The van der Waals surface area contributed by atoms with E-state index in [-0.39, 0.29) is 5.91 Å². The number of H-pyrrole nitrogens is 2. The molecule has 0 aliphatic carbocycles. The molecule has 0 radical (unpaired) electrons. The second kappa shape index (κ2) is 6.98. The number of fused-ring (bicyclic) bond motifs is 2. The highest BCUT2D eigenvalue weighted by atomic mass is 16.5. The van der Waals surface area contributed by atoms with E-state index in [1.54, 1.807) is 7.11 Å². The van der Waals surface area contributed by atoms with Gasteiger partial charge in [-0.1, -0.05) is 0 Å². The molecule has 2 aliphatic heterocycles. The summed E-state index contributed by atoms with van der Waals surface area (Å²) in [4.78, 5) is 18.3. The zero-order chi connectivity index (χ0) is 19.1.